The average molecular weight is 477 g/mol. The second-order valence-electron chi connectivity index (χ2n) is 7.20. The molecule has 33 heavy (non-hydrogen) atoms. The number of carboxylic acids is 1. The molecule has 5 rings (SSSR count). The van der Waals surface area contributed by atoms with Crippen LogP contribution in [0.25, 0.3) is 33.1 Å². The van der Waals surface area contributed by atoms with Crippen molar-refractivity contribution in [2.45, 2.75) is 4.90 Å². The Labute approximate surface area is 195 Å². The number of anilines is 2. The van der Waals surface area contributed by atoms with Gasteiger partial charge in [-0.2, -0.15) is 0 Å². The van der Waals surface area contributed by atoms with E-state index in [9.17, 15) is 18.7 Å². The number of hydrogen-bond donors (Lipinski definition) is 4. The molecule has 0 amide bonds. The minimum absolute atomic E-state index is 0.130. The van der Waals surface area contributed by atoms with Gasteiger partial charge in [-0.25, -0.2) is 18.0 Å². The van der Waals surface area contributed by atoms with Crippen molar-refractivity contribution in [2.24, 2.45) is 0 Å². The van der Waals surface area contributed by atoms with Crippen molar-refractivity contribution in [3.63, 3.8) is 0 Å². The molecule has 5 aromatic rings. The van der Waals surface area contributed by atoms with Gasteiger partial charge in [-0.1, -0.05) is 18.2 Å². The van der Waals surface area contributed by atoms with Gasteiger partial charge in [-0.3, -0.25) is 9.54 Å². The van der Waals surface area contributed by atoms with Gasteiger partial charge in [0.25, 0.3) is 11.3 Å². The van der Waals surface area contributed by atoms with Crippen LogP contribution in [0.4, 0.5) is 11.4 Å². The number of nitrogens with one attached hydrogen (secondary N) is 1. The average Bonchev–Trinajstić information content (AvgIpc) is 3.21. The third-order valence-corrected chi connectivity index (χ3v) is 6.23. The Morgan fingerprint density at radius 3 is 2.67 bits per heavy atom. The number of nitrogens with zero attached hydrogens (tertiary/aromatic N) is 3. The molecule has 0 radical (unpaired) electrons. The number of carboxylic acid groups (broad SMARTS) is 1. The predicted molar refractivity (Wildman–Crippen MR) is 131 cm³/mol. The minimum atomic E-state index is -2.26. The van der Waals surface area contributed by atoms with E-state index in [-0.39, 0.29) is 5.56 Å². The van der Waals surface area contributed by atoms with E-state index >= 15 is 0 Å². The van der Waals surface area contributed by atoms with Crippen LogP contribution in [0.2, 0.25) is 0 Å². The van der Waals surface area contributed by atoms with Crippen molar-refractivity contribution in [3.05, 3.63) is 78.8 Å². The third kappa shape index (κ3) is 3.74. The summed E-state index contributed by atoms with van der Waals surface area (Å²) in [5, 5.41) is 14.2. The van der Waals surface area contributed by atoms with E-state index in [1.165, 1.54) is 10.0 Å². The number of hydrogen-bond acceptors (Lipinski definition) is 6. The van der Waals surface area contributed by atoms with Crippen LogP contribution >= 0.6 is 12.6 Å². The number of rotatable bonds is 5. The Bertz CT molecular complexity index is 1580. The lowest BCUT2D eigenvalue weighted by Gasteiger charge is -2.14. The Morgan fingerprint density at radius 1 is 1.06 bits per heavy atom. The van der Waals surface area contributed by atoms with Crippen molar-refractivity contribution >= 4 is 63.2 Å². The zero-order chi connectivity index (χ0) is 23.1. The summed E-state index contributed by atoms with van der Waals surface area (Å²) in [7, 11) is 0. The van der Waals surface area contributed by atoms with Crippen LogP contribution in [0.15, 0.2) is 78.1 Å². The summed E-state index contributed by atoms with van der Waals surface area (Å²) in [6.45, 7) is 0. The molecule has 0 aliphatic heterocycles. The van der Waals surface area contributed by atoms with Crippen molar-refractivity contribution in [1.82, 2.24) is 13.9 Å². The SMILES string of the molecule is O=C(O)c1ccccc1Nc1c(S)cnc2ccc(-c3cn(S(=O)O)c4ncccc34)cc12. The molecular formula is C23H16N4O4S2. The largest absolute Gasteiger partial charge is 0.478 e. The molecule has 0 bridgehead atoms. The number of para-hydroxylation sites is 1. The maximum absolute atomic E-state index is 11.8. The molecular weight excluding hydrogens is 460 g/mol. The molecule has 3 aromatic heterocycles. The lowest BCUT2D eigenvalue weighted by Crippen LogP contribution is -2.03. The van der Waals surface area contributed by atoms with E-state index in [0.717, 1.165) is 21.9 Å². The van der Waals surface area contributed by atoms with Crippen LogP contribution in [-0.2, 0) is 11.3 Å². The monoisotopic (exact) mass is 476 g/mol. The smallest absolute Gasteiger partial charge is 0.337 e. The summed E-state index contributed by atoms with van der Waals surface area (Å²) in [5.41, 5.74) is 3.73. The summed E-state index contributed by atoms with van der Waals surface area (Å²) in [4.78, 5) is 20.9. The molecule has 0 aliphatic rings. The molecule has 0 saturated carbocycles. The second-order valence-corrected chi connectivity index (χ2v) is 8.54. The first kappa shape index (κ1) is 21.1. The number of benzene rings is 2. The van der Waals surface area contributed by atoms with E-state index < -0.39 is 17.2 Å². The van der Waals surface area contributed by atoms with Gasteiger partial charge in [0.2, 0.25) is 0 Å². The van der Waals surface area contributed by atoms with Gasteiger partial charge in [0.05, 0.1) is 22.5 Å². The molecule has 164 valence electrons. The lowest BCUT2D eigenvalue weighted by atomic mass is 10.0. The van der Waals surface area contributed by atoms with Gasteiger partial charge < -0.3 is 10.4 Å². The summed E-state index contributed by atoms with van der Waals surface area (Å²) in [6, 6.07) is 15.8. The predicted octanol–water partition coefficient (Wildman–Crippen LogP) is 4.97. The molecule has 3 heterocycles. The number of carbonyl (C=O) groups is 1. The van der Waals surface area contributed by atoms with E-state index in [1.807, 2.05) is 24.3 Å². The van der Waals surface area contributed by atoms with Crippen LogP contribution in [-0.4, -0.2) is 33.8 Å². The highest BCUT2D eigenvalue weighted by Crippen LogP contribution is 2.37. The van der Waals surface area contributed by atoms with E-state index in [0.29, 0.717) is 27.4 Å². The van der Waals surface area contributed by atoms with Crippen LogP contribution < -0.4 is 5.32 Å². The fourth-order valence-corrected chi connectivity index (χ4v) is 4.50. The Hall–Kier alpha value is -3.73. The Balaban J connectivity index is 1.71. The highest BCUT2D eigenvalue weighted by atomic mass is 32.2. The highest BCUT2D eigenvalue weighted by Gasteiger charge is 2.17. The summed E-state index contributed by atoms with van der Waals surface area (Å²) >= 11 is 2.28. The summed E-state index contributed by atoms with van der Waals surface area (Å²) in [6.07, 6.45) is 4.75. The van der Waals surface area contributed by atoms with E-state index in [4.69, 9.17) is 0 Å². The molecule has 1 unspecified atom stereocenters. The maximum atomic E-state index is 11.8. The first-order valence-corrected chi connectivity index (χ1v) is 11.2. The second kappa shape index (κ2) is 8.32. The van der Waals surface area contributed by atoms with Gasteiger partial charge in [-0.15, -0.1) is 12.6 Å². The quantitative estimate of drug-likeness (QED) is 0.209. The topological polar surface area (TPSA) is 117 Å². The van der Waals surface area contributed by atoms with Gasteiger partial charge in [0, 0.05) is 39.8 Å². The molecule has 2 aromatic carbocycles. The zero-order valence-electron chi connectivity index (χ0n) is 16.8. The normalized spacial score (nSPS) is 12.2. The van der Waals surface area contributed by atoms with Crippen LogP contribution in [0.1, 0.15) is 10.4 Å². The first-order valence-electron chi connectivity index (χ1n) is 9.73. The summed E-state index contributed by atoms with van der Waals surface area (Å²) in [5.74, 6) is -1.05. The van der Waals surface area contributed by atoms with Crippen molar-refractivity contribution < 1.29 is 18.7 Å². The number of thiol groups is 1. The lowest BCUT2D eigenvalue weighted by molar-refractivity contribution is 0.0698. The van der Waals surface area contributed by atoms with Crippen LogP contribution in [0.3, 0.4) is 0 Å². The number of fused-ring (bicyclic) bond motifs is 2. The van der Waals surface area contributed by atoms with Gasteiger partial charge >= 0.3 is 5.97 Å². The molecule has 0 fully saturated rings. The fourth-order valence-electron chi connectivity index (χ4n) is 3.77. The Morgan fingerprint density at radius 2 is 1.88 bits per heavy atom. The molecule has 8 nitrogen and oxygen atoms in total. The third-order valence-electron chi connectivity index (χ3n) is 5.28. The standard InChI is InChI=1S/C23H16N4O4S2/c28-23(29)15-4-1-2-6-19(15)26-21-16-10-13(7-8-18(16)25-11-20(21)32)17-12-27(33(30)31)22-14(17)5-3-9-24-22/h1-12,32H,(H,25,26)(H,28,29)(H,30,31). The van der Waals surface area contributed by atoms with Gasteiger partial charge in [-0.05, 0) is 42.0 Å². The minimum Gasteiger partial charge on any atom is -0.478 e. The number of aromatic carboxylic acids is 1. The summed E-state index contributed by atoms with van der Waals surface area (Å²) < 4.78 is 22.7. The van der Waals surface area contributed by atoms with Gasteiger partial charge in [0.15, 0.2) is 5.65 Å². The molecule has 10 heteroatoms. The molecule has 3 N–H and O–H groups in total. The number of aromatic nitrogens is 3. The van der Waals surface area contributed by atoms with Gasteiger partial charge in [0.1, 0.15) is 0 Å². The molecule has 0 aliphatic carbocycles. The van der Waals surface area contributed by atoms with Crippen molar-refractivity contribution in [1.29, 1.82) is 0 Å². The van der Waals surface area contributed by atoms with Crippen molar-refractivity contribution in [3.8, 4) is 11.1 Å². The number of pyridine rings is 2. The molecule has 0 spiro atoms. The van der Waals surface area contributed by atoms with E-state index in [2.05, 4.69) is 27.9 Å². The maximum Gasteiger partial charge on any atom is 0.337 e. The fraction of sp³-hybridized carbons (Fsp3) is 0. The van der Waals surface area contributed by atoms with Crippen LogP contribution in [0.5, 0.6) is 0 Å². The van der Waals surface area contributed by atoms with E-state index in [1.54, 1.807) is 42.9 Å². The molecule has 1 atom stereocenters. The van der Waals surface area contributed by atoms with Crippen LogP contribution in [0, 0.1) is 0 Å². The van der Waals surface area contributed by atoms with Crippen molar-refractivity contribution in [2.75, 3.05) is 5.32 Å². The molecule has 0 saturated heterocycles. The Kier molecular flexibility index (Phi) is 5.33. The zero-order valence-corrected chi connectivity index (χ0v) is 18.5. The first-order chi connectivity index (χ1) is 15.9. The highest BCUT2D eigenvalue weighted by molar-refractivity contribution is 7.80.